The van der Waals surface area contributed by atoms with Gasteiger partial charge in [0.05, 0.1) is 35.7 Å². The summed E-state index contributed by atoms with van der Waals surface area (Å²) in [6.07, 6.45) is 6.11. The van der Waals surface area contributed by atoms with Crippen LogP contribution < -0.4 is 4.90 Å². The van der Waals surface area contributed by atoms with Crippen LogP contribution >= 0.6 is 11.8 Å². The Morgan fingerprint density at radius 3 is 2.89 bits per heavy atom. The van der Waals surface area contributed by atoms with Gasteiger partial charge in [-0.3, -0.25) is 0 Å². The van der Waals surface area contributed by atoms with E-state index in [0.29, 0.717) is 0 Å². The van der Waals surface area contributed by atoms with Crippen LogP contribution in [0.15, 0.2) is 23.4 Å². The van der Waals surface area contributed by atoms with E-state index in [0.717, 1.165) is 30.1 Å². The fraction of sp³-hybridized carbons (Fsp3) is 0.615. The summed E-state index contributed by atoms with van der Waals surface area (Å²) in [6.45, 7) is 1.00. The molecule has 0 amide bonds. The normalized spacial score (nSPS) is 24.3. The largest absolute Gasteiger partial charge is 0.394 e. The van der Waals surface area contributed by atoms with Crippen LogP contribution in [0.5, 0.6) is 0 Å². The summed E-state index contributed by atoms with van der Waals surface area (Å²) in [6, 6.07) is 4.27. The number of anilines is 1. The lowest BCUT2D eigenvalue weighted by molar-refractivity contribution is 0.0744. The molecule has 2 rings (SSSR count). The molecule has 0 aromatic carbocycles. The van der Waals surface area contributed by atoms with Crippen LogP contribution in [0.25, 0.3) is 0 Å². The molecule has 0 saturated carbocycles. The third-order valence-electron chi connectivity index (χ3n) is 3.47. The van der Waals surface area contributed by atoms with Crippen LogP contribution in [-0.2, 0) is 4.74 Å². The number of aliphatic hydroxyl groups is 1. The van der Waals surface area contributed by atoms with Crippen molar-refractivity contribution in [2.75, 3.05) is 31.4 Å². The molecule has 2 heterocycles. The molecule has 0 radical (unpaired) electrons. The van der Waals surface area contributed by atoms with Gasteiger partial charge in [0.25, 0.3) is 0 Å². The second-order valence-electron chi connectivity index (χ2n) is 4.48. The highest BCUT2D eigenvalue weighted by Crippen LogP contribution is 2.26. The second kappa shape index (κ2) is 6.41. The first-order valence-electron chi connectivity index (χ1n) is 6.18. The van der Waals surface area contributed by atoms with Gasteiger partial charge < -0.3 is 14.7 Å². The second-order valence-corrected chi connectivity index (χ2v) is 5.31. The topological polar surface area (TPSA) is 45.6 Å². The van der Waals surface area contributed by atoms with Gasteiger partial charge in [-0.25, -0.2) is 4.98 Å². The van der Waals surface area contributed by atoms with E-state index in [1.54, 1.807) is 18.9 Å². The van der Waals surface area contributed by atoms with Crippen LogP contribution in [0.3, 0.4) is 0 Å². The Hall–Kier alpha value is -0.780. The van der Waals surface area contributed by atoms with Crippen molar-refractivity contribution in [3.05, 3.63) is 18.3 Å². The average molecular weight is 268 g/mol. The number of pyridine rings is 1. The molecule has 0 unspecified atom stereocenters. The Morgan fingerprint density at radius 1 is 1.50 bits per heavy atom. The van der Waals surface area contributed by atoms with Gasteiger partial charge in [-0.1, -0.05) is 0 Å². The first-order valence-corrected chi connectivity index (χ1v) is 7.41. The van der Waals surface area contributed by atoms with Crippen LogP contribution in [-0.4, -0.2) is 48.8 Å². The van der Waals surface area contributed by atoms with Crippen molar-refractivity contribution in [1.82, 2.24) is 4.98 Å². The van der Waals surface area contributed by atoms with E-state index >= 15 is 0 Å². The summed E-state index contributed by atoms with van der Waals surface area (Å²) in [5.41, 5.74) is 1.06. The minimum atomic E-state index is 0.179. The summed E-state index contributed by atoms with van der Waals surface area (Å²) < 4.78 is 5.43. The Labute approximate surface area is 112 Å². The van der Waals surface area contributed by atoms with E-state index < -0.39 is 0 Å². The molecule has 1 aromatic heterocycles. The van der Waals surface area contributed by atoms with Crippen molar-refractivity contribution < 1.29 is 9.84 Å². The van der Waals surface area contributed by atoms with Crippen LogP contribution in [0.4, 0.5) is 5.69 Å². The van der Waals surface area contributed by atoms with Gasteiger partial charge in [-0.15, -0.1) is 11.8 Å². The quantitative estimate of drug-likeness (QED) is 0.843. The van der Waals surface area contributed by atoms with E-state index in [4.69, 9.17) is 4.74 Å². The van der Waals surface area contributed by atoms with Crippen molar-refractivity contribution in [2.24, 2.45) is 0 Å². The highest BCUT2D eigenvalue weighted by Gasteiger charge is 2.28. The van der Waals surface area contributed by atoms with Crippen LogP contribution in [0, 0.1) is 0 Å². The number of hydrogen-bond donors (Lipinski definition) is 1. The summed E-state index contributed by atoms with van der Waals surface area (Å²) in [5.74, 6) is 0. The molecule has 2 atom stereocenters. The third kappa shape index (κ3) is 2.96. The smallest absolute Gasteiger partial charge is 0.0958 e. The van der Waals surface area contributed by atoms with E-state index in [2.05, 4.69) is 16.0 Å². The van der Waals surface area contributed by atoms with Gasteiger partial charge >= 0.3 is 0 Å². The SMILES string of the molecule is CO[C@@H]1CC[C@H](CO)N(c2ccc(SC)nc2)C1. The zero-order valence-electron chi connectivity index (χ0n) is 10.9. The Bertz CT molecular complexity index is 372. The van der Waals surface area contributed by atoms with E-state index in [1.807, 2.05) is 18.5 Å². The van der Waals surface area contributed by atoms with Crippen molar-refractivity contribution in [2.45, 2.75) is 30.0 Å². The minimum absolute atomic E-state index is 0.179. The highest BCUT2D eigenvalue weighted by molar-refractivity contribution is 7.98. The molecule has 5 heteroatoms. The number of nitrogens with zero attached hydrogens (tertiary/aromatic N) is 2. The molecule has 100 valence electrons. The fourth-order valence-electron chi connectivity index (χ4n) is 2.36. The molecular weight excluding hydrogens is 248 g/mol. The monoisotopic (exact) mass is 268 g/mol. The van der Waals surface area contributed by atoms with Crippen LogP contribution in [0.1, 0.15) is 12.8 Å². The van der Waals surface area contributed by atoms with Gasteiger partial charge in [0.1, 0.15) is 0 Å². The Balaban J connectivity index is 2.15. The molecular formula is C13H20N2O2S. The van der Waals surface area contributed by atoms with Gasteiger partial charge in [0.15, 0.2) is 0 Å². The lowest BCUT2D eigenvalue weighted by atomic mass is 10.00. The molecule has 1 N–H and O–H groups in total. The van der Waals surface area contributed by atoms with Crippen LogP contribution in [0.2, 0.25) is 0 Å². The number of hydrogen-bond acceptors (Lipinski definition) is 5. The first kappa shape index (κ1) is 13.6. The molecule has 1 aliphatic heterocycles. The molecule has 0 spiro atoms. The van der Waals surface area contributed by atoms with Crippen molar-refractivity contribution >= 4 is 17.4 Å². The third-order valence-corrected chi connectivity index (χ3v) is 4.13. The number of thioether (sulfide) groups is 1. The molecule has 0 bridgehead atoms. The molecule has 1 aliphatic rings. The first-order chi connectivity index (χ1) is 8.78. The van der Waals surface area contributed by atoms with E-state index in [1.165, 1.54) is 0 Å². The number of ether oxygens (including phenoxy) is 1. The Morgan fingerprint density at radius 2 is 2.33 bits per heavy atom. The molecule has 0 aliphatic carbocycles. The van der Waals surface area contributed by atoms with Crippen molar-refractivity contribution in [3.8, 4) is 0 Å². The maximum absolute atomic E-state index is 9.48. The van der Waals surface area contributed by atoms with Crippen molar-refractivity contribution in [3.63, 3.8) is 0 Å². The summed E-state index contributed by atoms with van der Waals surface area (Å²) >= 11 is 1.63. The number of aromatic nitrogens is 1. The van der Waals surface area contributed by atoms with Gasteiger partial charge in [-0.05, 0) is 31.2 Å². The van der Waals surface area contributed by atoms with E-state index in [-0.39, 0.29) is 18.8 Å². The maximum Gasteiger partial charge on any atom is 0.0958 e. The summed E-state index contributed by atoms with van der Waals surface area (Å²) in [7, 11) is 1.75. The zero-order valence-corrected chi connectivity index (χ0v) is 11.7. The highest BCUT2D eigenvalue weighted by atomic mass is 32.2. The predicted octanol–water partition coefficient (Wildman–Crippen LogP) is 1.78. The van der Waals surface area contributed by atoms with Crippen molar-refractivity contribution in [1.29, 1.82) is 0 Å². The molecule has 1 saturated heterocycles. The summed E-state index contributed by atoms with van der Waals surface area (Å²) in [4.78, 5) is 6.59. The number of aliphatic hydroxyl groups excluding tert-OH is 1. The zero-order chi connectivity index (χ0) is 13.0. The standard InChI is InChI=1S/C13H20N2O2S/c1-17-12-5-3-11(9-16)15(8-12)10-4-6-13(18-2)14-7-10/h4,6-7,11-12,16H,3,5,8-9H2,1-2H3/t11-,12-/m1/s1. The van der Waals surface area contributed by atoms with E-state index in [9.17, 15) is 5.11 Å². The minimum Gasteiger partial charge on any atom is -0.394 e. The average Bonchev–Trinajstić information content (AvgIpc) is 2.46. The summed E-state index contributed by atoms with van der Waals surface area (Å²) in [5, 5.41) is 10.5. The molecule has 1 fully saturated rings. The lowest BCUT2D eigenvalue weighted by Crippen LogP contribution is -2.48. The number of piperidine rings is 1. The maximum atomic E-state index is 9.48. The van der Waals surface area contributed by atoms with Gasteiger partial charge in [-0.2, -0.15) is 0 Å². The molecule has 1 aromatic rings. The Kier molecular flexibility index (Phi) is 4.86. The van der Waals surface area contributed by atoms with Gasteiger partial charge in [0, 0.05) is 13.7 Å². The fourth-order valence-corrected chi connectivity index (χ4v) is 2.72. The number of methoxy groups -OCH3 is 1. The van der Waals surface area contributed by atoms with Gasteiger partial charge in [0.2, 0.25) is 0 Å². The number of rotatable bonds is 4. The lowest BCUT2D eigenvalue weighted by Gasteiger charge is -2.39. The predicted molar refractivity (Wildman–Crippen MR) is 74.3 cm³/mol. The molecule has 4 nitrogen and oxygen atoms in total. The molecule has 18 heavy (non-hydrogen) atoms.